The van der Waals surface area contributed by atoms with Gasteiger partial charge in [0.2, 0.25) is 0 Å². The molecule has 18 heavy (non-hydrogen) atoms. The predicted molar refractivity (Wildman–Crippen MR) is 77.3 cm³/mol. The Labute approximate surface area is 111 Å². The van der Waals surface area contributed by atoms with Gasteiger partial charge in [-0.05, 0) is 30.2 Å². The Morgan fingerprint density at radius 2 is 2.17 bits per heavy atom. The molecule has 0 bridgehead atoms. The quantitative estimate of drug-likeness (QED) is 0.898. The van der Waals surface area contributed by atoms with Crippen molar-refractivity contribution in [3.63, 3.8) is 0 Å². The monoisotopic (exact) mass is 259 g/mol. The summed E-state index contributed by atoms with van der Waals surface area (Å²) in [7, 11) is 4.05. The molecule has 4 heteroatoms. The van der Waals surface area contributed by atoms with Gasteiger partial charge in [0.05, 0.1) is 5.69 Å². The van der Waals surface area contributed by atoms with E-state index in [2.05, 4.69) is 33.9 Å². The summed E-state index contributed by atoms with van der Waals surface area (Å²) in [5, 5.41) is 6.61. The Morgan fingerprint density at radius 3 is 2.94 bits per heavy atom. The molecule has 0 aliphatic carbocycles. The Bertz CT molecular complexity index is 560. The van der Waals surface area contributed by atoms with Crippen LogP contribution in [0.15, 0.2) is 23.6 Å². The van der Waals surface area contributed by atoms with Gasteiger partial charge >= 0.3 is 0 Å². The average Bonchev–Trinajstić information content (AvgIpc) is 2.88. The summed E-state index contributed by atoms with van der Waals surface area (Å²) in [6.07, 6.45) is 1.13. The van der Waals surface area contributed by atoms with Crippen LogP contribution in [0.25, 0.3) is 11.3 Å². The topological polar surface area (TPSA) is 28.2 Å². The van der Waals surface area contributed by atoms with Gasteiger partial charge in [-0.25, -0.2) is 4.98 Å². The second-order valence-corrected chi connectivity index (χ2v) is 5.66. The van der Waals surface area contributed by atoms with Gasteiger partial charge in [-0.1, -0.05) is 12.1 Å². The number of hydrogen-bond donors (Lipinski definition) is 1. The first-order chi connectivity index (χ1) is 8.74. The molecule has 1 aliphatic rings. The first-order valence-electron chi connectivity index (χ1n) is 6.20. The second kappa shape index (κ2) is 4.71. The first kappa shape index (κ1) is 11.7. The fourth-order valence-corrected chi connectivity index (χ4v) is 3.01. The van der Waals surface area contributed by atoms with Crippen molar-refractivity contribution in [2.45, 2.75) is 13.0 Å². The van der Waals surface area contributed by atoms with E-state index in [1.807, 2.05) is 19.0 Å². The van der Waals surface area contributed by atoms with Gasteiger partial charge in [-0.2, -0.15) is 0 Å². The Morgan fingerprint density at radius 1 is 1.28 bits per heavy atom. The van der Waals surface area contributed by atoms with Crippen LogP contribution in [0.3, 0.4) is 0 Å². The van der Waals surface area contributed by atoms with Gasteiger partial charge in [0.25, 0.3) is 0 Å². The zero-order valence-electron chi connectivity index (χ0n) is 10.7. The maximum Gasteiger partial charge on any atom is 0.185 e. The van der Waals surface area contributed by atoms with Crippen LogP contribution in [0.5, 0.6) is 0 Å². The molecule has 0 spiro atoms. The number of rotatable bonds is 2. The summed E-state index contributed by atoms with van der Waals surface area (Å²) < 4.78 is 0. The molecule has 0 fully saturated rings. The van der Waals surface area contributed by atoms with Gasteiger partial charge in [0.15, 0.2) is 5.13 Å². The van der Waals surface area contributed by atoms with Crippen LogP contribution in [0.1, 0.15) is 11.1 Å². The molecule has 1 aromatic carbocycles. The van der Waals surface area contributed by atoms with Gasteiger partial charge in [-0.3, -0.25) is 0 Å². The molecule has 2 heterocycles. The second-order valence-electron chi connectivity index (χ2n) is 4.82. The summed E-state index contributed by atoms with van der Waals surface area (Å²) in [6, 6.07) is 6.72. The van der Waals surface area contributed by atoms with E-state index in [0.29, 0.717) is 0 Å². The lowest BCUT2D eigenvalue weighted by Gasteiger charge is -2.17. The van der Waals surface area contributed by atoms with E-state index < -0.39 is 0 Å². The lowest BCUT2D eigenvalue weighted by atomic mass is 9.98. The number of thiazole rings is 1. The van der Waals surface area contributed by atoms with E-state index in [-0.39, 0.29) is 0 Å². The van der Waals surface area contributed by atoms with Crippen molar-refractivity contribution in [3.8, 4) is 11.3 Å². The molecule has 1 N–H and O–H groups in total. The van der Waals surface area contributed by atoms with Gasteiger partial charge in [0, 0.05) is 31.6 Å². The molecule has 0 saturated carbocycles. The summed E-state index contributed by atoms with van der Waals surface area (Å²) >= 11 is 1.69. The lowest BCUT2D eigenvalue weighted by molar-refractivity contribution is 0.644. The molecular formula is C14H17N3S. The molecule has 3 nitrogen and oxygen atoms in total. The van der Waals surface area contributed by atoms with E-state index in [1.54, 1.807) is 11.3 Å². The highest BCUT2D eigenvalue weighted by Gasteiger charge is 2.11. The van der Waals surface area contributed by atoms with Crippen molar-refractivity contribution < 1.29 is 0 Å². The fraction of sp³-hybridized carbons (Fsp3) is 0.357. The van der Waals surface area contributed by atoms with Crippen LogP contribution in [0.4, 0.5) is 5.13 Å². The van der Waals surface area contributed by atoms with Crippen molar-refractivity contribution >= 4 is 16.5 Å². The number of fused-ring (bicyclic) bond motifs is 1. The SMILES string of the molecule is CN(C)c1nc(-c2ccc3c(c2)CNCC3)cs1. The fourth-order valence-electron chi connectivity index (χ4n) is 2.24. The van der Waals surface area contributed by atoms with Crippen molar-refractivity contribution in [1.82, 2.24) is 10.3 Å². The molecule has 0 saturated heterocycles. The molecule has 2 aromatic rings. The van der Waals surface area contributed by atoms with Crippen LogP contribution in [-0.2, 0) is 13.0 Å². The van der Waals surface area contributed by atoms with E-state index in [4.69, 9.17) is 0 Å². The van der Waals surface area contributed by atoms with Crippen LogP contribution in [0, 0.1) is 0 Å². The molecule has 0 unspecified atom stereocenters. The molecule has 3 rings (SSSR count). The Balaban J connectivity index is 1.95. The number of nitrogens with zero attached hydrogens (tertiary/aromatic N) is 2. The normalized spacial score (nSPS) is 14.3. The minimum Gasteiger partial charge on any atom is -0.354 e. The number of nitrogens with one attached hydrogen (secondary N) is 1. The zero-order valence-corrected chi connectivity index (χ0v) is 11.5. The van der Waals surface area contributed by atoms with Gasteiger partial charge in [0.1, 0.15) is 0 Å². The van der Waals surface area contributed by atoms with E-state index in [0.717, 1.165) is 30.3 Å². The molecule has 0 atom stereocenters. The van der Waals surface area contributed by atoms with Crippen molar-refractivity contribution in [2.75, 3.05) is 25.5 Å². The highest BCUT2D eigenvalue weighted by Crippen LogP contribution is 2.28. The summed E-state index contributed by atoms with van der Waals surface area (Å²) in [5.74, 6) is 0. The van der Waals surface area contributed by atoms with E-state index in [1.165, 1.54) is 16.7 Å². The molecule has 0 amide bonds. The van der Waals surface area contributed by atoms with Gasteiger partial charge < -0.3 is 10.2 Å². The minimum atomic E-state index is 0.980. The van der Waals surface area contributed by atoms with Crippen LogP contribution < -0.4 is 10.2 Å². The van der Waals surface area contributed by atoms with Gasteiger partial charge in [-0.15, -0.1) is 11.3 Å². The molecule has 94 valence electrons. The summed E-state index contributed by atoms with van der Waals surface area (Å²) in [6.45, 7) is 2.07. The standard InChI is InChI=1S/C14H17N3S/c1-17(2)14-16-13(9-18-14)11-4-3-10-5-6-15-8-12(10)7-11/h3-4,7,9,15H,5-6,8H2,1-2H3. The number of aromatic nitrogens is 1. The number of anilines is 1. The first-order valence-corrected chi connectivity index (χ1v) is 7.08. The third-order valence-electron chi connectivity index (χ3n) is 3.26. The Hall–Kier alpha value is -1.39. The lowest BCUT2D eigenvalue weighted by Crippen LogP contribution is -2.23. The Kier molecular flexibility index (Phi) is 3.06. The van der Waals surface area contributed by atoms with Crippen molar-refractivity contribution in [2.24, 2.45) is 0 Å². The minimum absolute atomic E-state index is 0.980. The molecular weight excluding hydrogens is 242 g/mol. The maximum atomic E-state index is 4.65. The van der Waals surface area contributed by atoms with Crippen LogP contribution >= 0.6 is 11.3 Å². The van der Waals surface area contributed by atoms with Crippen LogP contribution in [-0.4, -0.2) is 25.6 Å². The third-order valence-corrected chi connectivity index (χ3v) is 4.27. The van der Waals surface area contributed by atoms with E-state index in [9.17, 15) is 0 Å². The number of hydrogen-bond acceptors (Lipinski definition) is 4. The van der Waals surface area contributed by atoms with Crippen molar-refractivity contribution in [3.05, 3.63) is 34.7 Å². The molecule has 1 aliphatic heterocycles. The average molecular weight is 259 g/mol. The maximum absolute atomic E-state index is 4.65. The smallest absolute Gasteiger partial charge is 0.185 e. The summed E-state index contributed by atoms with van der Waals surface area (Å²) in [5.41, 5.74) is 5.19. The highest BCUT2D eigenvalue weighted by molar-refractivity contribution is 7.14. The molecule has 0 radical (unpaired) electrons. The highest BCUT2D eigenvalue weighted by atomic mass is 32.1. The van der Waals surface area contributed by atoms with Crippen molar-refractivity contribution in [1.29, 1.82) is 0 Å². The third kappa shape index (κ3) is 2.13. The largest absolute Gasteiger partial charge is 0.354 e. The predicted octanol–water partition coefficient (Wildman–Crippen LogP) is 2.52. The zero-order chi connectivity index (χ0) is 12.5. The number of benzene rings is 1. The molecule has 1 aromatic heterocycles. The summed E-state index contributed by atoms with van der Waals surface area (Å²) in [4.78, 5) is 6.70. The van der Waals surface area contributed by atoms with Crippen LogP contribution in [0.2, 0.25) is 0 Å². The van der Waals surface area contributed by atoms with E-state index >= 15 is 0 Å².